The number of hydrogen-bond acceptors (Lipinski definition) is 1. The molecule has 0 saturated heterocycles. The Balaban J connectivity index is 0.00000144. The monoisotopic (exact) mass is 398 g/mol. The van der Waals surface area contributed by atoms with Gasteiger partial charge < -0.3 is 0 Å². The van der Waals surface area contributed by atoms with Gasteiger partial charge in [-0.05, 0) is 0 Å². The predicted molar refractivity (Wildman–Crippen MR) is 103 cm³/mol. The summed E-state index contributed by atoms with van der Waals surface area (Å²) in [6.45, 7) is 9.79. The third-order valence-electron chi connectivity index (χ3n) is 4.93. The number of allylic oxidation sites excluding steroid dienone is 4. The molecule has 3 rings (SSSR count). The Hall–Kier alpha value is -0.566. The maximum Gasteiger partial charge on any atom is -0.147 e. The molecule has 1 aliphatic rings. The van der Waals surface area contributed by atoms with E-state index < -0.39 is 19.5 Å². The van der Waals surface area contributed by atoms with Crippen LogP contribution in [0.3, 0.4) is 0 Å². The smallest absolute Gasteiger partial charge is 0.147 e. The van der Waals surface area contributed by atoms with Gasteiger partial charge in [0.05, 0.1) is 0 Å². The SMILES string of the molecule is CC1=C(C)C(C)[C]([Ti][O]Cc2cccc3ccccc23)=C1C.Cl.Cl. The fraction of sp³-hybridized carbons (Fsp3) is 0.300. The minimum absolute atomic E-state index is 0. The normalized spacial score (nSPS) is 16.9. The molecule has 128 valence electrons. The molecular weight excluding hydrogens is 375 g/mol. The maximum atomic E-state index is 6.19. The minimum atomic E-state index is -0.506. The summed E-state index contributed by atoms with van der Waals surface area (Å²) in [6.07, 6.45) is 0. The molecule has 0 saturated carbocycles. The van der Waals surface area contributed by atoms with E-state index >= 15 is 0 Å². The molecule has 1 atom stereocenters. The first-order valence-corrected chi connectivity index (χ1v) is 9.24. The van der Waals surface area contributed by atoms with E-state index in [4.69, 9.17) is 3.32 Å². The number of hydrogen-bond donors (Lipinski definition) is 0. The largest absolute Gasteiger partial charge is 0.147 e. The Kier molecular flexibility index (Phi) is 8.25. The van der Waals surface area contributed by atoms with Gasteiger partial charge in [-0.1, -0.05) is 0 Å². The van der Waals surface area contributed by atoms with Crippen molar-refractivity contribution in [3.8, 4) is 0 Å². The molecule has 1 nitrogen and oxygen atoms in total. The summed E-state index contributed by atoms with van der Waals surface area (Å²) in [6, 6.07) is 15.0. The van der Waals surface area contributed by atoms with E-state index in [1.807, 2.05) is 0 Å². The van der Waals surface area contributed by atoms with Gasteiger partial charge in [-0.15, -0.1) is 24.8 Å². The summed E-state index contributed by atoms with van der Waals surface area (Å²) in [5, 5.41) is 2.61. The third kappa shape index (κ3) is 4.15. The van der Waals surface area contributed by atoms with Crippen LogP contribution in [0, 0.1) is 5.92 Å². The van der Waals surface area contributed by atoms with Crippen molar-refractivity contribution in [2.24, 2.45) is 5.92 Å². The summed E-state index contributed by atoms with van der Waals surface area (Å²) < 4.78 is 7.75. The fourth-order valence-corrected chi connectivity index (χ4v) is 4.88. The molecular formula is C20H24Cl2OTi. The predicted octanol–water partition coefficient (Wildman–Crippen LogP) is 6.46. The molecule has 0 heterocycles. The molecule has 0 spiro atoms. The average Bonchev–Trinajstić information content (AvgIpc) is 2.72. The first-order valence-electron chi connectivity index (χ1n) is 7.82. The first kappa shape index (κ1) is 21.5. The molecule has 0 N–H and O–H groups in total. The number of rotatable bonds is 4. The van der Waals surface area contributed by atoms with E-state index in [1.165, 1.54) is 33.1 Å². The van der Waals surface area contributed by atoms with Gasteiger partial charge in [0.1, 0.15) is 0 Å². The molecule has 4 heteroatoms. The van der Waals surface area contributed by atoms with Crippen molar-refractivity contribution in [1.82, 2.24) is 0 Å². The fourth-order valence-electron chi connectivity index (χ4n) is 3.14. The van der Waals surface area contributed by atoms with Crippen LogP contribution in [0.5, 0.6) is 0 Å². The molecule has 2 aromatic carbocycles. The van der Waals surface area contributed by atoms with Crippen LogP contribution in [-0.2, 0) is 29.5 Å². The van der Waals surface area contributed by atoms with E-state index in [1.54, 1.807) is 3.88 Å². The van der Waals surface area contributed by atoms with Crippen LogP contribution in [0.4, 0.5) is 0 Å². The van der Waals surface area contributed by atoms with Crippen LogP contribution in [0.1, 0.15) is 33.3 Å². The van der Waals surface area contributed by atoms with Gasteiger partial charge >= 0.3 is 142 Å². The molecule has 2 aromatic rings. The van der Waals surface area contributed by atoms with E-state index in [-0.39, 0.29) is 24.8 Å². The number of benzene rings is 2. The van der Waals surface area contributed by atoms with Crippen molar-refractivity contribution >= 4 is 35.6 Å². The summed E-state index contributed by atoms with van der Waals surface area (Å²) in [4.78, 5) is 0. The summed E-state index contributed by atoms with van der Waals surface area (Å²) in [5.74, 6) is 0.576. The van der Waals surface area contributed by atoms with Crippen LogP contribution in [0.15, 0.2) is 63.1 Å². The number of halogens is 2. The molecule has 0 amide bonds. The van der Waals surface area contributed by atoms with Crippen molar-refractivity contribution in [1.29, 1.82) is 0 Å². The van der Waals surface area contributed by atoms with Crippen molar-refractivity contribution in [2.75, 3.05) is 0 Å². The van der Waals surface area contributed by atoms with Crippen molar-refractivity contribution < 1.29 is 22.9 Å². The molecule has 1 aliphatic carbocycles. The molecule has 24 heavy (non-hydrogen) atoms. The Morgan fingerprint density at radius 2 is 1.58 bits per heavy atom. The van der Waals surface area contributed by atoms with Crippen molar-refractivity contribution in [2.45, 2.75) is 34.3 Å². The molecule has 0 aliphatic heterocycles. The van der Waals surface area contributed by atoms with Gasteiger partial charge in [0.25, 0.3) is 0 Å². The molecule has 0 fully saturated rings. The van der Waals surface area contributed by atoms with Crippen molar-refractivity contribution in [3.63, 3.8) is 0 Å². The van der Waals surface area contributed by atoms with Gasteiger partial charge in [0, 0.05) is 0 Å². The van der Waals surface area contributed by atoms with E-state index in [9.17, 15) is 0 Å². The van der Waals surface area contributed by atoms with E-state index in [2.05, 4.69) is 70.2 Å². The number of fused-ring (bicyclic) bond motifs is 1. The standard InChI is InChI=1S/C11H9O.C9H13.2ClH.Ti/c12-8-10-6-3-5-9-4-1-2-7-11(9)10;1-6-5-7(2)9(4)8(6)3;;;/h1-7H,8H2;6H,1-4H3;2*1H;/q-1;;;;+1. The van der Waals surface area contributed by atoms with Crippen LogP contribution in [0.2, 0.25) is 0 Å². The first-order chi connectivity index (χ1) is 10.6. The van der Waals surface area contributed by atoms with Crippen LogP contribution in [0.25, 0.3) is 10.8 Å². The average molecular weight is 399 g/mol. The second-order valence-electron chi connectivity index (χ2n) is 6.10. The quantitative estimate of drug-likeness (QED) is 0.537. The van der Waals surface area contributed by atoms with Crippen LogP contribution in [-0.4, -0.2) is 0 Å². The van der Waals surface area contributed by atoms with Gasteiger partial charge in [-0.2, -0.15) is 0 Å². The van der Waals surface area contributed by atoms with Gasteiger partial charge in [-0.25, -0.2) is 0 Å². The molecule has 0 bridgehead atoms. The van der Waals surface area contributed by atoms with E-state index in [0.29, 0.717) is 5.92 Å². The second-order valence-corrected chi connectivity index (χ2v) is 7.71. The third-order valence-corrected chi connectivity index (χ3v) is 6.99. The van der Waals surface area contributed by atoms with Gasteiger partial charge in [0.2, 0.25) is 0 Å². The molecule has 0 aromatic heterocycles. The zero-order valence-electron chi connectivity index (χ0n) is 14.6. The molecule has 1 unspecified atom stereocenters. The Morgan fingerprint density at radius 3 is 2.25 bits per heavy atom. The van der Waals surface area contributed by atoms with Gasteiger partial charge in [0.15, 0.2) is 0 Å². The molecule has 0 radical (unpaired) electrons. The Labute approximate surface area is 166 Å². The zero-order valence-corrected chi connectivity index (χ0v) is 17.7. The summed E-state index contributed by atoms with van der Waals surface area (Å²) >= 11 is -0.506. The summed E-state index contributed by atoms with van der Waals surface area (Å²) in [5.41, 5.74) is 5.76. The Bertz CT molecular complexity index is 775. The van der Waals surface area contributed by atoms with Crippen molar-refractivity contribution in [3.05, 3.63) is 68.6 Å². The van der Waals surface area contributed by atoms with Crippen LogP contribution < -0.4 is 0 Å². The zero-order chi connectivity index (χ0) is 15.7. The Morgan fingerprint density at radius 1 is 0.917 bits per heavy atom. The van der Waals surface area contributed by atoms with Crippen LogP contribution >= 0.6 is 24.8 Å². The van der Waals surface area contributed by atoms with E-state index in [0.717, 1.165) is 6.61 Å². The minimum Gasteiger partial charge on any atom is -0.147 e. The second kappa shape index (κ2) is 9.22. The van der Waals surface area contributed by atoms with Gasteiger partial charge in [-0.3, -0.25) is 0 Å². The maximum absolute atomic E-state index is 6.19. The topological polar surface area (TPSA) is 9.23 Å². The summed E-state index contributed by atoms with van der Waals surface area (Å²) in [7, 11) is 0.